The molecule has 2 aromatic rings. The maximum absolute atomic E-state index is 11.8. The Morgan fingerprint density at radius 2 is 1.32 bits per heavy atom. The van der Waals surface area contributed by atoms with Crippen LogP contribution in [0, 0.1) is 0 Å². The van der Waals surface area contributed by atoms with Gasteiger partial charge in [0.1, 0.15) is 10.6 Å². The molecule has 0 spiro atoms. The SMILES string of the molecule is CCCCCCCCCCCCCc1c(S(=O)(=O)O)ccc(Oc2ccccc2)c1O. The number of phenols is 1. The molecule has 0 atom stereocenters. The van der Waals surface area contributed by atoms with Gasteiger partial charge in [0.15, 0.2) is 11.5 Å². The average molecular weight is 449 g/mol. The molecule has 172 valence electrons. The third-order valence-electron chi connectivity index (χ3n) is 5.48. The van der Waals surface area contributed by atoms with Crippen LogP contribution >= 0.6 is 0 Å². The maximum Gasteiger partial charge on any atom is 0.294 e. The monoisotopic (exact) mass is 448 g/mol. The van der Waals surface area contributed by atoms with Crippen LogP contribution < -0.4 is 4.74 Å². The zero-order valence-electron chi connectivity index (χ0n) is 18.6. The fourth-order valence-electron chi connectivity index (χ4n) is 3.74. The minimum Gasteiger partial charge on any atom is -0.504 e. The van der Waals surface area contributed by atoms with Gasteiger partial charge in [-0.1, -0.05) is 89.3 Å². The molecule has 0 unspecified atom stereocenters. The summed E-state index contributed by atoms with van der Waals surface area (Å²) in [7, 11) is -4.43. The summed E-state index contributed by atoms with van der Waals surface area (Å²) in [6.45, 7) is 2.23. The molecule has 0 aromatic heterocycles. The van der Waals surface area contributed by atoms with E-state index in [1.165, 1.54) is 63.5 Å². The third kappa shape index (κ3) is 8.91. The number of unbranched alkanes of at least 4 members (excludes halogenated alkanes) is 10. The molecule has 6 heteroatoms. The van der Waals surface area contributed by atoms with E-state index in [0.717, 1.165) is 19.3 Å². The number of aromatic hydroxyl groups is 1. The molecule has 5 nitrogen and oxygen atoms in total. The maximum atomic E-state index is 11.8. The van der Waals surface area contributed by atoms with Gasteiger partial charge in [-0.25, -0.2) is 0 Å². The quantitative estimate of drug-likeness (QED) is 0.221. The molecule has 0 aliphatic rings. The number of para-hydroxylation sites is 1. The second kappa shape index (κ2) is 13.4. The highest BCUT2D eigenvalue weighted by Gasteiger charge is 2.21. The van der Waals surface area contributed by atoms with Gasteiger partial charge >= 0.3 is 0 Å². The lowest BCUT2D eigenvalue weighted by Gasteiger charge is -2.14. The Labute approximate surface area is 187 Å². The van der Waals surface area contributed by atoms with Crippen LogP contribution in [0.15, 0.2) is 47.4 Å². The Balaban J connectivity index is 1.88. The van der Waals surface area contributed by atoms with E-state index in [1.54, 1.807) is 12.1 Å². The van der Waals surface area contributed by atoms with Gasteiger partial charge in [0.25, 0.3) is 10.1 Å². The van der Waals surface area contributed by atoms with E-state index in [9.17, 15) is 18.1 Å². The molecule has 0 aliphatic carbocycles. The van der Waals surface area contributed by atoms with Gasteiger partial charge in [-0.3, -0.25) is 4.55 Å². The molecule has 0 aliphatic heterocycles. The van der Waals surface area contributed by atoms with Crippen molar-refractivity contribution in [3.05, 3.63) is 48.0 Å². The summed E-state index contributed by atoms with van der Waals surface area (Å²) in [5.74, 6) is 0.487. The van der Waals surface area contributed by atoms with Crippen molar-refractivity contribution < 1.29 is 22.8 Å². The van der Waals surface area contributed by atoms with Gasteiger partial charge in [-0.15, -0.1) is 0 Å². The lowest BCUT2D eigenvalue weighted by molar-refractivity contribution is 0.402. The summed E-state index contributed by atoms with van der Waals surface area (Å²) in [5, 5.41) is 10.7. The fraction of sp³-hybridized carbons (Fsp3) is 0.520. The van der Waals surface area contributed by atoms with Crippen molar-refractivity contribution in [3.8, 4) is 17.2 Å². The van der Waals surface area contributed by atoms with Crippen LogP contribution in [-0.4, -0.2) is 18.1 Å². The predicted molar refractivity (Wildman–Crippen MR) is 125 cm³/mol. The topological polar surface area (TPSA) is 83.8 Å². The smallest absolute Gasteiger partial charge is 0.294 e. The first-order valence-corrected chi connectivity index (χ1v) is 12.9. The molecular formula is C25H36O5S. The molecule has 0 saturated heterocycles. The molecule has 2 N–H and O–H groups in total. The number of ether oxygens (including phenoxy) is 1. The van der Waals surface area contributed by atoms with Crippen LogP contribution in [0.3, 0.4) is 0 Å². The normalized spacial score (nSPS) is 11.5. The van der Waals surface area contributed by atoms with Gasteiger partial charge in [0.05, 0.1) is 0 Å². The Morgan fingerprint density at radius 1 is 0.774 bits per heavy atom. The number of hydrogen-bond acceptors (Lipinski definition) is 4. The number of benzene rings is 2. The van der Waals surface area contributed by atoms with E-state index in [1.807, 2.05) is 18.2 Å². The first-order chi connectivity index (χ1) is 14.9. The summed E-state index contributed by atoms with van der Waals surface area (Å²) in [6, 6.07) is 11.6. The van der Waals surface area contributed by atoms with Crippen LogP contribution in [-0.2, 0) is 16.5 Å². The van der Waals surface area contributed by atoms with Gasteiger partial charge in [-0.05, 0) is 37.1 Å². The number of phenolic OH excluding ortho intramolecular Hbond substituents is 1. The standard InChI is InChI=1S/C25H36O5S/c1-2-3-4-5-6-7-8-9-10-11-15-18-22-24(31(27,28)29)20-19-23(25(22)26)30-21-16-13-12-14-17-21/h12-14,16-17,19-20,26H,2-11,15,18H2,1H3,(H,27,28,29). The van der Waals surface area contributed by atoms with Gasteiger partial charge in [-0.2, -0.15) is 8.42 Å². The van der Waals surface area contributed by atoms with Crippen molar-refractivity contribution in [1.29, 1.82) is 0 Å². The summed E-state index contributed by atoms with van der Waals surface area (Å²) >= 11 is 0. The highest BCUT2D eigenvalue weighted by Crippen LogP contribution is 2.38. The first-order valence-electron chi connectivity index (χ1n) is 11.5. The Hall–Kier alpha value is -2.05. The van der Waals surface area contributed by atoms with Gasteiger partial charge in [0, 0.05) is 5.56 Å². The van der Waals surface area contributed by atoms with E-state index in [2.05, 4.69) is 6.92 Å². The summed E-state index contributed by atoms with van der Waals surface area (Å²) < 4.78 is 38.8. The predicted octanol–water partition coefficient (Wildman–Crippen LogP) is 7.28. The van der Waals surface area contributed by atoms with Gasteiger partial charge in [0.2, 0.25) is 0 Å². The number of hydrogen-bond donors (Lipinski definition) is 2. The van der Waals surface area contributed by atoms with E-state index < -0.39 is 10.1 Å². The molecule has 0 fully saturated rings. The van der Waals surface area contributed by atoms with E-state index in [-0.39, 0.29) is 22.0 Å². The van der Waals surface area contributed by atoms with Crippen molar-refractivity contribution in [2.24, 2.45) is 0 Å². The van der Waals surface area contributed by atoms with Crippen LogP contribution in [0.25, 0.3) is 0 Å². The summed E-state index contributed by atoms with van der Waals surface area (Å²) in [4.78, 5) is -0.252. The second-order valence-corrected chi connectivity index (χ2v) is 9.45. The van der Waals surface area contributed by atoms with Crippen LogP contribution in [0.1, 0.15) is 83.1 Å². The molecular weight excluding hydrogens is 412 g/mol. The lowest BCUT2D eigenvalue weighted by atomic mass is 10.0. The van der Waals surface area contributed by atoms with Crippen molar-refractivity contribution in [1.82, 2.24) is 0 Å². The van der Waals surface area contributed by atoms with E-state index in [4.69, 9.17) is 4.74 Å². The van der Waals surface area contributed by atoms with Crippen LogP contribution in [0.2, 0.25) is 0 Å². The molecule has 0 heterocycles. The lowest BCUT2D eigenvalue weighted by Crippen LogP contribution is -2.04. The molecule has 0 bridgehead atoms. The minimum atomic E-state index is -4.43. The highest BCUT2D eigenvalue weighted by atomic mass is 32.2. The summed E-state index contributed by atoms with van der Waals surface area (Å²) in [6.07, 6.45) is 13.4. The molecule has 2 rings (SSSR count). The first kappa shape index (κ1) is 25.2. The zero-order valence-corrected chi connectivity index (χ0v) is 19.4. The Kier molecular flexibility index (Phi) is 10.9. The molecule has 2 aromatic carbocycles. The molecule has 0 amide bonds. The fourth-order valence-corrected chi connectivity index (χ4v) is 4.49. The Morgan fingerprint density at radius 3 is 1.87 bits per heavy atom. The van der Waals surface area contributed by atoms with E-state index in [0.29, 0.717) is 12.2 Å². The molecule has 0 radical (unpaired) electrons. The zero-order chi connectivity index (χ0) is 22.5. The van der Waals surface area contributed by atoms with Crippen molar-refractivity contribution in [2.45, 2.75) is 88.9 Å². The van der Waals surface area contributed by atoms with Crippen molar-refractivity contribution in [2.75, 3.05) is 0 Å². The second-order valence-electron chi connectivity index (χ2n) is 8.06. The molecule has 0 saturated carbocycles. The Bertz CT molecular complexity index is 878. The summed E-state index contributed by atoms with van der Waals surface area (Å²) in [5.41, 5.74) is 0.215. The van der Waals surface area contributed by atoms with Crippen LogP contribution in [0.4, 0.5) is 0 Å². The van der Waals surface area contributed by atoms with E-state index >= 15 is 0 Å². The third-order valence-corrected chi connectivity index (χ3v) is 6.42. The highest BCUT2D eigenvalue weighted by molar-refractivity contribution is 7.85. The average Bonchev–Trinajstić information content (AvgIpc) is 2.74. The van der Waals surface area contributed by atoms with Gasteiger partial charge < -0.3 is 9.84 Å². The van der Waals surface area contributed by atoms with Crippen LogP contribution in [0.5, 0.6) is 17.2 Å². The minimum absolute atomic E-state index is 0.177. The molecule has 31 heavy (non-hydrogen) atoms. The van der Waals surface area contributed by atoms with Crippen molar-refractivity contribution >= 4 is 10.1 Å². The largest absolute Gasteiger partial charge is 0.504 e. The van der Waals surface area contributed by atoms with Crippen molar-refractivity contribution in [3.63, 3.8) is 0 Å². The number of rotatable bonds is 15.